The minimum Gasteiger partial charge on any atom is -0.390 e. The number of hydrogen-bond acceptors (Lipinski definition) is 6. The van der Waals surface area contributed by atoms with E-state index in [9.17, 15) is 31.9 Å². The summed E-state index contributed by atoms with van der Waals surface area (Å²) in [5, 5.41) is 14.3. The molecule has 0 spiro atoms. The number of aliphatic hydroxyl groups excluding tert-OH is 1. The summed E-state index contributed by atoms with van der Waals surface area (Å²) >= 11 is 0. The fourth-order valence-electron chi connectivity index (χ4n) is 5.49. The first-order chi connectivity index (χ1) is 20.7. The number of aliphatic hydroxyl groups is 1. The first-order valence-corrected chi connectivity index (χ1v) is 16.4. The van der Waals surface area contributed by atoms with E-state index in [1.165, 1.54) is 28.0 Å². The highest BCUT2D eigenvalue weighted by atomic mass is 32.2. The molecule has 0 radical (unpaired) electrons. The second-order valence-electron chi connectivity index (χ2n) is 11.6. The van der Waals surface area contributed by atoms with Crippen molar-refractivity contribution >= 4 is 21.7 Å². The zero-order chi connectivity index (χ0) is 32.2. The maximum atomic E-state index is 13.9. The topological polar surface area (TPSA) is 107 Å². The van der Waals surface area contributed by atoms with Gasteiger partial charge in [0, 0.05) is 57.0 Å². The van der Waals surface area contributed by atoms with Crippen LogP contribution in [0, 0.1) is 18.6 Å². The van der Waals surface area contributed by atoms with Crippen LogP contribution in [0.25, 0.3) is 0 Å². The van der Waals surface area contributed by atoms with Crippen molar-refractivity contribution in [3.8, 4) is 0 Å². The molecule has 0 aromatic heterocycles. The monoisotopic (exact) mass is 627 g/mol. The molecular weight excluding hydrogens is 588 g/mol. The number of carbonyl (C=O) groups is 2. The number of sulfone groups is 1. The molecule has 0 saturated carbocycles. The van der Waals surface area contributed by atoms with E-state index < -0.39 is 39.5 Å². The lowest BCUT2D eigenvalue weighted by Crippen LogP contribution is -2.44. The Morgan fingerprint density at radius 1 is 0.977 bits per heavy atom. The van der Waals surface area contributed by atoms with Crippen LogP contribution < -0.4 is 5.32 Å². The van der Waals surface area contributed by atoms with E-state index in [1.807, 2.05) is 25.1 Å². The molecule has 0 bridgehead atoms. The van der Waals surface area contributed by atoms with Crippen LogP contribution in [0.1, 0.15) is 61.5 Å². The van der Waals surface area contributed by atoms with E-state index in [2.05, 4.69) is 5.32 Å². The van der Waals surface area contributed by atoms with Crippen molar-refractivity contribution in [1.29, 1.82) is 0 Å². The number of carbonyl (C=O) groups excluding carboxylic acids is 2. The summed E-state index contributed by atoms with van der Waals surface area (Å²) in [5.74, 6) is -2.36. The Morgan fingerprint density at radius 2 is 1.64 bits per heavy atom. The molecule has 11 heteroatoms. The van der Waals surface area contributed by atoms with Crippen molar-refractivity contribution in [2.45, 2.75) is 44.6 Å². The zero-order valence-electron chi connectivity index (χ0n) is 25.4. The van der Waals surface area contributed by atoms with Gasteiger partial charge in [-0.3, -0.25) is 9.59 Å². The molecule has 44 heavy (non-hydrogen) atoms. The Bertz CT molecular complexity index is 1620. The van der Waals surface area contributed by atoms with Crippen molar-refractivity contribution < 1.29 is 31.9 Å². The SMILES string of the molecule is CCc1ccc2c(c1)[C@@H](NC[C@@H](O)CN(CCc1cc(F)cc(F)c1)C(=O)c1cc(C)cc(C(=O)N(C)C)c1)CS(=O)(=O)C2. The van der Waals surface area contributed by atoms with Gasteiger partial charge >= 0.3 is 0 Å². The predicted octanol–water partition coefficient (Wildman–Crippen LogP) is 3.84. The molecule has 2 N–H and O–H groups in total. The van der Waals surface area contributed by atoms with E-state index in [0.29, 0.717) is 16.7 Å². The number of nitrogens with zero attached hydrogens (tertiary/aromatic N) is 2. The van der Waals surface area contributed by atoms with Gasteiger partial charge in [0.25, 0.3) is 11.8 Å². The van der Waals surface area contributed by atoms with E-state index in [0.717, 1.165) is 29.2 Å². The average Bonchev–Trinajstić information content (AvgIpc) is 2.95. The average molecular weight is 628 g/mol. The molecule has 1 heterocycles. The molecule has 8 nitrogen and oxygen atoms in total. The minimum absolute atomic E-state index is 0.00741. The number of aryl methyl sites for hydroxylation is 2. The molecule has 3 aromatic rings. The highest BCUT2D eigenvalue weighted by Crippen LogP contribution is 2.29. The second kappa shape index (κ2) is 14.0. The first-order valence-electron chi connectivity index (χ1n) is 14.6. The van der Waals surface area contributed by atoms with Crippen molar-refractivity contribution in [3.05, 3.63) is 105 Å². The van der Waals surface area contributed by atoms with Gasteiger partial charge in [-0.1, -0.05) is 25.1 Å². The minimum atomic E-state index is -3.35. The van der Waals surface area contributed by atoms with Crippen LogP contribution in [0.2, 0.25) is 0 Å². The normalized spacial score (nSPS) is 16.2. The lowest BCUT2D eigenvalue weighted by molar-refractivity contribution is 0.0621. The van der Waals surface area contributed by atoms with Crippen LogP contribution in [0.4, 0.5) is 8.78 Å². The van der Waals surface area contributed by atoms with Gasteiger partial charge in [0.15, 0.2) is 9.84 Å². The van der Waals surface area contributed by atoms with E-state index in [1.54, 1.807) is 33.2 Å². The molecule has 0 saturated heterocycles. The summed E-state index contributed by atoms with van der Waals surface area (Å²) in [5.41, 5.74) is 4.28. The molecule has 0 aliphatic carbocycles. The van der Waals surface area contributed by atoms with Gasteiger partial charge in [-0.05, 0) is 77.9 Å². The quantitative estimate of drug-likeness (QED) is 0.335. The van der Waals surface area contributed by atoms with Crippen LogP contribution in [-0.2, 0) is 28.4 Å². The number of fused-ring (bicyclic) bond motifs is 1. The summed E-state index contributed by atoms with van der Waals surface area (Å²) in [6.45, 7) is 3.67. The van der Waals surface area contributed by atoms with Gasteiger partial charge in [0.05, 0.1) is 17.6 Å². The molecule has 1 aliphatic rings. The fourth-order valence-corrected chi connectivity index (χ4v) is 7.15. The van der Waals surface area contributed by atoms with Crippen LogP contribution in [0.3, 0.4) is 0 Å². The second-order valence-corrected chi connectivity index (χ2v) is 13.7. The third kappa shape index (κ3) is 8.49. The number of hydrogen-bond donors (Lipinski definition) is 2. The molecule has 0 fully saturated rings. The number of amides is 2. The lowest BCUT2D eigenvalue weighted by Gasteiger charge is -2.30. The lowest BCUT2D eigenvalue weighted by atomic mass is 9.98. The molecule has 1 aliphatic heterocycles. The third-order valence-electron chi connectivity index (χ3n) is 7.68. The Hall–Kier alpha value is -3.67. The van der Waals surface area contributed by atoms with Crippen molar-refractivity contribution in [3.63, 3.8) is 0 Å². The molecule has 0 unspecified atom stereocenters. The van der Waals surface area contributed by atoms with E-state index in [4.69, 9.17) is 0 Å². The van der Waals surface area contributed by atoms with Crippen LogP contribution >= 0.6 is 0 Å². The highest BCUT2D eigenvalue weighted by Gasteiger charge is 2.30. The Kier molecular flexibility index (Phi) is 10.5. The van der Waals surface area contributed by atoms with Gasteiger partial charge in [-0.25, -0.2) is 17.2 Å². The predicted molar refractivity (Wildman–Crippen MR) is 165 cm³/mol. The van der Waals surface area contributed by atoms with E-state index >= 15 is 0 Å². The number of nitrogens with one attached hydrogen (secondary N) is 1. The van der Waals surface area contributed by atoms with Gasteiger partial charge in [0.2, 0.25) is 0 Å². The summed E-state index contributed by atoms with van der Waals surface area (Å²) in [4.78, 5) is 29.2. The summed E-state index contributed by atoms with van der Waals surface area (Å²) in [6, 6.07) is 13.2. The summed E-state index contributed by atoms with van der Waals surface area (Å²) < 4.78 is 53.0. The third-order valence-corrected chi connectivity index (χ3v) is 9.27. The smallest absolute Gasteiger partial charge is 0.253 e. The van der Waals surface area contributed by atoms with Crippen molar-refractivity contribution in [1.82, 2.24) is 15.1 Å². The molecule has 4 rings (SSSR count). The van der Waals surface area contributed by atoms with Gasteiger partial charge in [0.1, 0.15) is 11.6 Å². The van der Waals surface area contributed by atoms with Gasteiger partial charge in [-0.15, -0.1) is 0 Å². The molecular formula is C33H39F2N3O5S. The number of benzene rings is 3. The van der Waals surface area contributed by atoms with Gasteiger partial charge in [-0.2, -0.15) is 0 Å². The molecule has 2 amide bonds. The molecule has 3 aromatic carbocycles. The number of halogens is 2. The van der Waals surface area contributed by atoms with Crippen LogP contribution in [0.5, 0.6) is 0 Å². The first kappa shape index (κ1) is 33.2. The maximum absolute atomic E-state index is 13.9. The summed E-state index contributed by atoms with van der Waals surface area (Å²) in [7, 11) is -0.134. The Balaban J connectivity index is 1.55. The summed E-state index contributed by atoms with van der Waals surface area (Å²) in [6.07, 6.45) is -0.190. The van der Waals surface area contributed by atoms with Crippen molar-refractivity contribution in [2.75, 3.05) is 39.5 Å². The highest BCUT2D eigenvalue weighted by molar-refractivity contribution is 7.90. The molecule has 236 valence electrons. The fraction of sp³-hybridized carbons (Fsp3) is 0.394. The van der Waals surface area contributed by atoms with E-state index in [-0.39, 0.29) is 49.0 Å². The van der Waals surface area contributed by atoms with Gasteiger partial charge < -0.3 is 20.2 Å². The Labute approximate surface area is 257 Å². The standard InChI is InChI=1S/C33H39F2N3O5S/c1-5-22-6-7-24-19-44(42,43)20-31(30(24)14-22)36-17-29(39)18-38(9-8-23-12-27(34)16-28(35)13-23)33(41)26-11-21(2)10-25(15-26)32(40)37(3)4/h6-7,10-16,29,31,36,39H,5,8-9,17-20H2,1-4H3/t29-,31+/m1/s1. The van der Waals surface area contributed by atoms with Crippen LogP contribution in [0.15, 0.2) is 54.6 Å². The number of rotatable bonds is 11. The largest absolute Gasteiger partial charge is 0.390 e. The zero-order valence-corrected chi connectivity index (χ0v) is 26.3. The van der Waals surface area contributed by atoms with Crippen LogP contribution in [-0.4, -0.2) is 80.7 Å². The van der Waals surface area contributed by atoms with Crippen molar-refractivity contribution in [2.24, 2.45) is 0 Å². The maximum Gasteiger partial charge on any atom is 0.253 e. The Morgan fingerprint density at radius 3 is 2.27 bits per heavy atom. The molecule has 2 atom stereocenters.